The number of benzene rings is 3. The number of rotatable bonds is 39. The number of carboxylic acid groups (broad SMARTS) is 1. The van der Waals surface area contributed by atoms with Gasteiger partial charge in [-0.25, -0.2) is 0 Å². The number of aromatic amines is 1. The Morgan fingerprint density at radius 3 is 1.74 bits per heavy atom. The molecular weight excluding hydrogens is 1820 g/mol. The largest absolute Gasteiger partial charge is 0.508 e. The molecule has 42 heteroatoms. The van der Waals surface area contributed by atoms with Crippen LogP contribution in [0, 0.1) is 23.7 Å². The van der Waals surface area contributed by atoms with E-state index in [1.54, 1.807) is 88.5 Å². The number of phenols is 1. The summed E-state index contributed by atoms with van der Waals surface area (Å²) < 4.78 is 0. The second kappa shape index (κ2) is 58.1. The smallest absolute Gasteiger partial charge is 0.303 e. The summed E-state index contributed by atoms with van der Waals surface area (Å²) in [4.78, 5) is 284. The molecule has 0 fully saturated rings. The fourth-order valence-corrected chi connectivity index (χ4v) is 15.5. The van der Waals surface area contributed by atoms with Crippen molar-refractivity contribution in [2.45, 2.75) is 322 Å². The number of H-pyrrole nitrogens is 1. The van der Waals surface area contributed by atoms with Gasteiger partial charge in [-0.1, -0.05) is 127 Å². The van der Waals surface area contributed by atoms with Gasteiger partial charge in [0.15, 0.2) is 0 Å². The topological polar surface area (TPSA) is 676 Å². The van der Waals surface area contributed by atoms with E-state index in [2.05, 4.69) is 90.5 Å². The molecule has 141 heavy (non-hydrogen) atoms. The van der Waals surface area contributed by atoms with E-state index in [1.165, 1.54) is 114 Å². The molecule has 15 amide bonds. The molecule has 0 radical (unpaired) electrons. The Balaban J connectivity index is 0.0000206. The quantitative estimate of drug-likeness (QED) is 0.0216. The number of hydrogen-bond donors (Lipinski definition) is 22. The number of aliphatic hydroxyl groups is 1. The fourth-order valence-electron chi connectivity index (χ4n) is 15.5. The van der Waals surface area contributed by atoms with Gasteiger partial charge in [0.2, 0.25) is 112 Å². The van der Waals surface area contributed by atoms with Gasteiger partial charge in [0.05, 0.1) is 36.2 Å². The monoisotopic (exact) mass is 1970 g/mol. The number of aliphatic carboxylic acids is 1. The number of amides is 15. The Kier molecular flexibility index (Phi) is 49.5. The number of nitrogens with two attached hydrogens (primary N) is 3. The molecule has 2 heterocycles. The number of allylic oxidation sites excluding steroid dienone is 2. The van der Waals surface area contributed by atoms with Crippen LogP contribution in [0.2, 0.25) is 0 Å². The number of hydrogen-bond acceptors (Lipinski definition) is 25. The molecule has 25 N–H and O–H groups in total. The van der Waals surface area contributed by atoms with E-state index in [0.717, 1.165) is 0 Å². The molecule has 778 valence electrons. The van der Waals surface area contributed by atoms with Crippen LogP contribution in [-0.2, 0) is 115 Å². The minimum atomic E-state index is -2.08. The van der Waals surface area contributed by atoms with E-state index in [4.69, 9.17) is 11.5 Å². The zero-order valence-corrected chi connectivity index (χ0v) is 83.9. The van der Waals surface area contributed by atoms with Crippen LogP contribution in [0.15, 0.2) is 97.2 Å². The van der Waals surface area contributed by atoms with Gasteiger partial charge in [-0.15, -0.1) is 0 Å². The number of Topliss-reactive ketones (excluding diaryl/α,β-unsaturated/α-hetero) is 4. The molecule has 17 atom stereocenters. The molecule has 5 rings (SSSR count). The summed E-state index contributed by atoms with van der Waals surface area (Å²) in [5.74, 6) is -21.7. The Morgan fingerprint density at radius 1 is 0.553 bits per heavy atom. The third-order valence-electron chi connectivity index (χ3n) is 24.0. The van der Waals surface area contributed by atoms with Gasteiger partial charge >= 0.3 is 5.97 Å². The summed E-state index contributed by atoms with van der Waals surface area (Å²) in [6, 6.07) is 2.40. The van der Waals surface area contributed by atoms with Crippen molar-refractivity contribution >= 4 is 129 Å². The normalized spacial score (nSPS) is 21.6. The number of aliphatic hydroxyl groups excluding tert-OH is 1. The van der Waals surface area contributed by atoms with Crippen LogP contribution in [0.25, 0.3) is 10.9 Å². The van der Waals surface area contributed by atoms with E-state index < -0.39 is 257 Å². The zero-order valence-electron chi connectivity index (χ0n) is 83.9. The average molecular weight is 1970 g/mol. The summed E-state index contributed by atoms with van der Waals surface area (Å²) in [5.41, 5.74) is 11.5. The summed E-state index contributed by atoms with van der Waals surface area (Å²) >= 11 is 0. The average Bonchev–Trinajstić information content (AvgIpc) is 1.74. The number of carboxylic acids is 1. The number of fused-ring (bicyclic) bond motifs is 1. The van der Waals surface area contributed by atoms with Gasteiger partial charge in [0.25, 0.3) is 0 Å². The molecular formula is C99H149N19O23. The first kappa shape index (κ1) is 120. The van der Waals surface area contributed by atoms with Crippen LogP contribution in [-0.4, -0.2) is 253 Å². The highest BCUT2D eigenvalue weighted by Gasteiger charge is 2.45. The maximum absolute atomic E-state index is 15.6. The summed E-state index contributed by atoms with van der Waals surface area (Å²) in [7, 11) is 1.50. The van der Waals surface area contributed by atoms with Gasteiger partial charge in [-0.3, -0.25) is 95.9 Å². The first-order chi connectivity index (χ1) is 66.1. The lowest BCUT2D eigenvalue weighted by Gasteiger charge is -2.34. The number of aromatic nitrogens is 1. The lowest BCUT2D eigenvalue weighted by Crippen LogP contribution is -2.65. The highest BCUT2D eigenvalue weighted by Crippen LogP contribution is 2.26. The third kappa shape index (κ3) is 40.1. The maximum Gasteiger partial charge on any atom is 0.303 e. The molecule has 1 aliphatic rings. The molecule has 0 bridgehead atoms. The molecule has 1 aromatic heterocycles. The van der Waals surface area contributed by atoms with Crippen LogP contribution in [0.3, 0.4) is 0 Å². The van der Waals surface area contributed by atoms with Crippen LogP contribution in [0.4, 0.5) is 0 Å². The summed E-state index contributed by atoms with van der Waals surface area (Å²) in [6.07, 6.45) is 2.85. The van der Waals surface area contributed by atoms with E-state index in [-0.39, 0.29) is 82.0 Å². The molecule has 42 nitrogen and oxygen atoms in total. The standard InChI is InChI=1S/C98H144N18O23.CH5N/c1-53(2)45-66-52-103-70(39-41-76(99)120)82(126)81(125)58(8)105-88(132)75(49-65-51-102-69-34-28-27-33-68(65)69)110-89(133)73(48-64-35-37-67(119)38-36-64)109-87(131)71(40-42-77(121)122)112-95(139)98(16,116-91(135)74(47-63-31-25-24-26-32-63)111-92(136)78(61(11)117)113-90(134)72(46-54(3)4)108-62(12)118)44-30-23-21-19-17-18-20-22-29-43-97(15,115-86(66)130)94(138)107-60(10)85(129)114-96(13,14)93(137)106-59(9)84(128)104-57(7)80(124)79(123)56(6)101-50-55(5)83(100)127;1-2/h18,20,24-28,31-38,51,53-61,66,70-75,78,101-103,117,119H,17,19,21-23,29-30,39-50,52H2,1-16H3,(H2,99,120)(H2,100,127)(H,104,128)(H,105,132)(H,106,137)(H,107,138)(H,108,118)(H,109,131)(H,110,133)(H,111,136)(H,112,139)(H,113,134)(H,114,129)(H,115,130)(H,116,135)(H,121,122);2H2,1H3/b20-18+;/t55-,56-,57-,58?,59?,60?,61+,66+,70-,71-,72-,73?,74-,75-,78-,97-,98-;/m0./s1. The highest BCUT2D eigenvalue weighted by atomic mass is 16.4. The second-order valence-corrected chi connectivity index (χ2v) is 38.0. The summed E-state index contributed by atoms with van der Waals surface area (Å²) in [6.45, 7) is 22.6. The number of primary amides is 2. The third-order valence-corrected chi connectivity index (χ3v) is 24.0. The van der Waals surface area contributed by atoms with Crippen LogP contribution >= 0.6 is 0 Å². The number of aromatic hydroxyl groups is 1. The van der Waals surface area contributed by atoms with Crippen molar-refractivity contribution in [1.82, 2.24) is 84.7 Å². The van der Waals surface area contributed by atoms with E-state index >= 15 is 33.6 Å². The van der Waals surface area contributed by atoms with Crippen molar-refractivity contribution in [3.8, 4) is 5.75 Å². The number of carbonyl (C=O) groups is 20. The fraction of sp³-hybridized carbons (Fsp3) is 0.576. The zero-order chi connectivity index (χ0) is 106. The molecule has 3 aromatic carbocycles. The Bertz CT molecular complexity index is 5020. The number of para-hydroxylation sites is 1. The van der Waals surface area contributed by atoms with Crippen LogP contribution in [0.1, 0.15) is 224 Å². The van der Waals surface area contributed by atoms with Crippen LogP contribution < -0.4 is 97.0 Å². The van der Waals surface area contributed by atoms with Gasteiger partial charge in [-0.05, 0) is 187 Å². The summed E-state index contributed by atoms with van der Waals surface area (Å²) in [5, 5.41) is 72.1. The Morgan fingerprint density at radius 2 is 1.13 bits per heavy atom. The first-order valence-electron chi connectivity index (χ1n) is 47.8. The van der Waals surface area contributed by atoms with E-state index in [0.29, 0.717) is 59.7 Å². The van der Waals surface area contributed by atoms with E-state index in [1.807, 2.05) is 12.2 Å². The predicted octanol–water partition coefficient (Wildman–Crippen LogP) is 0.703. The maximum atomic E-state index is 15.6. The molecule has 0 aliphatic carbocycles. The Labute approximate surface area is 822 Å². The number of nitrogens with one attached hydrogen (secondary N) is 16. The van der Waals surface area contributed by atoms with E-state index in [9.17, 15) is 77.6 Å². The van der Waals surface area contributed by atoms with Gasteiger partial charge in [0, 0.05) is 75.1 Å². The second-order valence-electron chi connectivity index (χ2n) is 38.0. The predicted molar refractivity (Wildman–Crippen MR) is 525 cm³/mol. The molecule has 4 aromatic rings. The molecule has 0 saturated carbocycles. The lowest BCUT2D eigenvalue weighted by molar-refractivity contribution is -0.140. The number of ketones is 4. The minimum Gasteiger partial charge on any atom is -0.508 e. The Hall–Kier alpha value is -13.2. The minimum absolute atomic E-state index is 0.00666. The number of phenolic OH excluding ortho intramolecular Hbond substituents is 1. The van der Waals surface area contributed by atoms with Gasteiger partial charge < -0.3 is 117 Å². The lowest BCUT2D eigenvalue weighted by atomic mass is 9.89. The molecule has 0 saturated heterocycles. The van der Waals surface area contributed by atoms with Crippen molar-refractivity contribution in [2.75, 3.05) is 20.1 Å². The number of carbonyl (C=O) groups excluding carboxylic acids is 19. The van der Waals surface area contributed by atoms with Gasteiger partial charge in [-0.2, -0.15) is 0 Å². The van der Waals surface area contributed by atoms with Crippen molar-refractivity contribution in [3.05, 3.63) is 114 Å². The first-order valence-corrected chi connectivity index (χ1v) is 47.8. The van der Waals surface area contributed by atoms with Crippen LogP contribution in [0.5, 0.6) is 5.75 Å². The van der Waals surface area contributed by atoms with Crippen molar-refractivity contribution in [2.24, 2.45) is 40.9 Å². The van der Waals surface area contributed by atoms with Crippen molar-refractivity contribution in [3.63, 3.8) is 0 Å². The molecule has 1 aliphatic heterocycles. The molecule has 0 spiro atoms. The van der Waals surface area contributed by atoms with Crippen molar-refractivity contribution in [1.29, 1.82) is 0 Å². The van der Waals surface area contributed by atoms with Gasteiger partial charge in [0.1, 0.15) is 70.7 Å². The highest BCUT2D eigenvalue weighted by molar-refractivity contribution is 6.41. The SMILES string of the molecule is CC(=O)N[C@@H](CC(C)C)C(=O)N[C@H](C(=O)N[C@@H](Cc1ccccc1)C(=O)N[C@@]1(C)CCCCCC/C=C/CCC[C@@](C)(C(=O)NC(C)C(=O)NC(C)(C)C(=O)NC(C)C(=O)N[C@@H](C)C(=O)C(=O)[C@H](C)NC[C@H](C)C(N)=O)NC(=O)[C@H](CC(C)C)CN[C@@H](CCC(N)=O)C(=O)C(=O)C(C)NC(=O)[C@H](Cc2c[nH]c3ccccc23)NC(=O)C(Cc2ccc(O)cc2)NC(=O)[C@H](CCC(=O)O)NC1=O)[C@@H](C)O.CN. The van der Waals surface area contributed by atoms with Crippen molar-refractivity contribution < 1.29 is 111 Å². The molecule has 4 unspecified atom stereocenters.